The van der Waals surface area contributed by atoms with Gasteiger partial charge in [0.05, 0.1) is 17.9 Å². The van der Waals surface area contributed by atoms with Crippen molar-refractivity contribution in [1.29, 1.82) is 0 Å². The third-order valence-corrected chi connectivity index (χ3v) is 8.96. The van der Waals surface area contributed by atoms with Crippen molar-refractivity contribution in [2.24, 2.45) is 5.92 Å². The van der Waals surface area contributed by atoms with Crippen LogP contribution >= 0.6 is 0 Å². The summed E-state index contributed by atoms with van der Waals surface area (Å²) in [6.45, 7) is 3.40. The number of Topliss-reactive ketones (excluding diaryl/α,β-unsaturated/α-hetero) is 1. The highest BCUT2D eigenvalue weighted by atomic mass is 16.5. The van der Waals surface area contributed by atoms with E-state index >= 15 is 0 Å². The summed E-state index contributed by atoms with van der Waals surface area (Å²) in [5, 5.41) is 0. The van der Waals surface area contributed by atoms with E-state index in [-0.39, 0.29) is 5.78 Å². The number of rotatable bonds is 7. The Balaban J connectivity index is 1.42. The minimum Gasteiger partial charge on any atom is -0.455 e. The first-order valence-corrected chi connectivity index (χ1v) is 15.0. The number of pyridine rings is 1. The van der Waals surface area contributed by atoms with E-state index in [4.69, 9.17) is 9.72 Å². The fourth-order valence-electron chi connectivity index (χ4n) is 7.06. The predicted octanol–water partition coefficient (Wildman–Crippen LogP) is 7.33. The van der Waals surface area contributed by atoms with Crippen LogP contribution in [0, 0.1) is 12.8 Å². The highest BCUT2D eigenvalue weighted by molar-refractivity contribution is 6.00. The van der Waals surface area contributed by atoms with Crippen LogP contribution in [0.5, 0.6) is 0 Å². The van der Waals surface area contributed by atoms with Gasteiger partial charge in [0.25, 0.3) is 0 Å². The smallest absolute Gasteiger partial charge is 0.303 e. The number of esters is 1. The van der Waals surface area contributed by atoms with Crippen molar-refractivity contribution in [3.8, 4) is 0 Å². The number of carbonyl (C=O) groups is 2. The summed E-state index contributed by atoms with van der Waals surface area (Å²) < 4.78 is 10.1. The Morgan fingerprint density at radius 2 is 1.43 bits per heavy atom. The molecule has 3 aromatic carbocycles. The molecule has 0 fully saturated rings. The maximum atomic E-state index is 14.2. The number of ether oxygens (including phenoxy) is 1. The largest absolute Gasteiger partial charge is 0.455 e. The molecule has 7 rings (SSSR count). The molecule has 1 aliphatic carbocycles. The molecule has 2 atom stereocenters. The molecular weight excluding hydrogens is 546 g/mol. The monoisotopic (exact) mass is 579 g/mol. The lowest BCUT2D eigenvalue weighted by molar-refractivity contribution is -0.149. The van der Waals surface area contributed by atoms with E-state index in [1.807, 2.05) is 96.6 Å². The van der Waals surface area contributed by atoms with Crippen LogP contribution in [0.25, 0.3) is 5.52 Å². The number of nitrogens with zero attached hydrogens (tertiary/aromatic N) is 3. The molecule has 1 aliphatic rings. The molecule has 3 heterocycles. The van der Waals surface area contributed by atoms with Crippen molar-refractivity contribution in [3.05, 3.63) is 167 Å². The molecule has 0 bridgehead atoms. The minimum atomic E-state index is -0.830. The first kappa shape index (κ1) is 27.6. The zero-order valence-corrected chi connectivity index (χ0v) is 24.8. The van der Waals surface area contributed by atoms with Crippen molar-refractivity contribution in [3.63, 3.8) is 0 Å². The van der Waals surface area contributed by atoms with Crippen molar-refractivity contribution in [2.45, 2.75) is 38.3 Å². The third-order valence-electron chi connectivity index (χ3n) is 8.96. The molecule has 0 aliphatic heterocycles. The molecule has 3 aromatic heterocycles. The van der Waals surface area contributed by atoms with Gasteiger partial charge in [0.2, 0.25) is 0 Å². The maximum Gasteiger partial charge on any atom is 0.303 e. The van der Waals surface area contributed by atoms with Gasteiger partial charge in [-0.05, 0) is 60.2 Å². The number of ketones is 1. The topological polar surface area (TPSA) is 65.6 Å². The van der Waals surface area contributed by atoms with Crippen LogP contribution in [0.15, 0.2) is 128 Å². The quantitative estimate of drug-likeness (QED) is 0.147. The summed E-state index contributed by atoms with van der Waals surface area (Å²) in [7, 11) is 0. The van der Waals surface area contributed by atoms with E-state index in [0.29, 0.717) is 24.2 Å². The number of hydrogen-bond donors (Lipinski definition) is 0. The molecule has 44 heavy (non-hydrogen) atoms. The lowest BCUT2D eigenvalue weighted by Crippen LogP contribution is -2.38. The Hall–Kier alpha value is -5.23. The minimum absolute atomic E-state index is 0.0295. The molecule has 0 amide bonds. The van der Waals surface area contributed by atoms with Gasteiger partial charge < -0.3 is 13.7 Å². The number of fused-ring (bicyclic) bond motifs is 3. The van der Waals surface area contributed by atoms with Gasteiger partial charge >= 0.3 is 5.97 Å². The predicted molar refractivity (Wildman–Crippen MR) is 170 cm³/mol. The summed E-state index contributed by atoms with van der Waals surface area (Å²) in [5.74, 6) is -1.03. The van der Waals surface area contributed by atoms with Crippen molar-refractivity contribution in [2.75, 3.05) is 0 Å². The maximum absolute atomic E-state index is 14.2. The van der Waals surface area contributed by atoms with Gasteiger partial charge in [-0.15, -0.1) is 0 Å². The Bertz CT molecular complexity index is 1860. The van der Waals surface area contributed by atoms with Gasteiger partial charge in [0.15, 0.2) is 11.9 Å². The molecule has 0 spiro atoms. The summed E-state index contributed by atoms with van der Waals surface area (Å²) in [6, 6.07) is 39.1. The zero-order valence-electron chi connectivity index (χ0n) is 24.8. The number of imidazole rings is 1. The molecule has 6 aromatic rings. The number of benzene rings is 3. The lowest BCUT2D eigenvalue weighted by atomic mass is 9.76. The SMILES string of the molecule is CC(=O)OC(c1ncn(C(c2ccccc2)(c2ccccc2)c2ccccc2)c1C)C1CCc2cc3ccccn3c2C1=O. The fourth-order valence-corrected chi connectivity index (χ4v) is 7.06. The molecule has 0 N–H and O–H groups in total. The van der Waals surface area contributed by atoms with Gasteiger partial charge in [0.1, 0.15) is 11.2 Å². The average molecular weight is 580 g/mol. The first-order chi connectivity index (χ1) is 21.5. The summed E-state index contributed by atoms with van der Waals surface area (Å²) in [4.78, 5) is 31.8. The van der Waals surface area contributed by atoms with Gasteiger partial charge in [-0.3, -0.25) is 9.59 Å². The molecule has 2 unspecified atom stereocenters. The second-order valence-corrected chi connectivity index (χ2v) is 11.4. The van der Waals surface area contributed by atoms with Crippen LogP contribution in [0.2, 0.25) is 0 Å². The van der Waals surface area contributed by atoms with E-state index in [2.05, 4.69) is 47.0 Å². The molecule has 0 radical (unpaired) electrons. The van der Waals surface area contributed by atoms with Crippen LogP contribution < -0.4 is 0 Å². The molecule has 0 saturated heterocycles. The Labute approximate surface area is 256 Å². The molecule has 6 nitrogen and oxygen atoms in total. The Morgan fingerprint density at radius 3 is 2.00 bits per heavy atom. The van der Waals surface area contributed by atoms with Crippen LogP contribution in [-0.2, 0) is 21.5 Å². The normalized spacial score (nSPS) is 15.6. The lowest BCUT2D eigenvalue weighted by Gasteiger charge is -2.38. The van der Waals surface area contributed by atoms with Crippen LogP contribution in [-0.4, -0.2) is 25.7 Å². The summed E-state index contributed by atoms with van der Waals surface area (Å²) in [5.41, 5.74) is 6.50. The number of aromatic nitrogens is 3. The van der Waals surface area contributed by atoms with Crippen molar-refractivity contribution in [1.82, 2.24) is 14.0 Å². The van der Waals surface area contributed by atoms with Gasteiger partial charge in [-0.1, -0.05) is 97.1 Å². The molecule has 6 heteroatoms. The first-order valence-electron chi connectivity index (χ1n) is 15.0. The van der Waals surface area contributed by atoms with E-state index in [1.54, 1.807) is 0 Å². The highest BCUT2D eigenvalue weighted by Crippen LogP contribution is 2.44. The van der Waals surface area contributed by atoms with Gasteiger partial charge in [-0.2, -0.15) is 0 Å². The average Bonchev–Trinajstić information content (AvgIpc) is 3.63. The summed E-state index contributed by atoms with van der Waals surface area (Å²) in [6.07, 6.45) is 4.20. The Morgan fingerprint density at radius 1 is 0.864 bits per heavy atom. The second kappa shape index (κ2) is 11.1. The zero-order chi connectivity index (χ0) is 30.3. The van der Waals surface area contributed by atoms with Crippen molar-refractivity contribution >= 4 is 17.3 Å². The van der Waals surface area contributed by atoms with Crippen molar-refractivity contribution < 1.29 is 14.3 Å². The van der Waals surface area contributed by atoms with E-state index in [9.17, 15) is 9.59 Å². The summed E-state index contributed by atoms with van der Waals surface area (Å²) >= 11 is 0. The van der Waals surface area contributed by atoms with Crippen LogP contribution in [0.3, 0.4) is 0 Å². The molecule has 0 saturated carbocycles. The van der Waals surface area contributed by atoms with Gasteiger partial charge in [0, 0.05) is 24.3 Å². The number of carbonyl (C=O) groups excluding carboxylic acids is 2. The molecule has 218 valence electrons. The number of hydrogen-bond acceptors (Lipinski definition) is 4. The van der Waals surface area contributed by atoms with E-state index in [0.717, 1.165) is 33.5 Å². The number of aryl methyl sites for hydroxylation is 1. The van der Waals surface area contributed by atoms with Crippen LogP contribution in [0.4, 0.5) is 0 Å². The second-order valence-electron chi connectivity index (χ2n) is 11.4. The standard InChI is InChI=1S/C38H33N3O3/c1-26-34(37(44-27(2)42)33-22-21-28-24-32-20-12-13-23-40(32)35(28)36(33)43)39-25-41(26)38(29-14-6-3-7-15-29,30-16-8-4-9-17-30)31-18-10-5-11-19-31/h3-20,23-25,33,37H,21-22H2,1-2H3. The van der Waals surface area contributed by atoms with E-state index < -0.39 is 23.5 Å². The fraction of sp³-hybridized carbons (Fsp3) is 0.184. The third kappa shape index (κ3) is 4.37. The molecular formula is C38H33N3O3. The van der Waals surface area contributed by atoms with Gasteiger partial charge in [-0.25, -0.2) is 4.98 Å². The van der Waals surface area contributed by atoms with E-state index in [1.165, 1.54) is 6.92 Å². The highest BCUT2D eigenvalue weighted by Gasteiger charge is 2.44. The van der Waals surface area contributed by atoms with Crippen LogP contribution in [0.1, 0.15) is 63.6 Å². The Kier molecular flexibility index (Phi) is 6.97.